The largest absolute Gasteiger partial charge is 0.386 e. The zero-order valence-corrected chi connectivity index (χ0v) is 18.1. The molecule has 9 heteroatoms. The van der Waals surface area contributed by atoms with E-state index >= 15 is 0 Å². The van der Waals surface area contributed by atoms with Crippen LogP contribution in [0.5, 0.6) is 0 Å². The zero-order chi connectivity index (χ0) is 22.0. The molecule has 32 heavy (non-hydrogen) atoms. The molecular formula is C23H25FN8. The van der Waals surface area contributed by atoms with Crippen LogP contribution in [-0.4, -0.2) is 51.1 Å². The number of nitrogens with one attached hydrogen (secondary N) is 2. The van der Waals surface area contributed by atoms with Gasteiger partial charge < -0.3 is 20.9 Å². The number of H-pyrrole nitrogens is 1. The number of aromatic amines is 1. The predicted molar refractivity (Wildman–Crippen MR) is 122 cm³/mol. The van der Waals surface area contributed by atoms with Gasteiger partial charge in [-0.25, -0.2) is 24.3 Å². The maximum absolute atomic E-state index is 14.4. The van der Waals surface area contributed by atoms with Crippen LogP contribution < -0.4 is 16.0 Å². The molecule has 2 atom stereocenters. The number of rotatable bonds is 4. The van der Waals surface area contributed by atoms with E-state index in [1.54, 1.807) is 13.1 Å². The van der Waals surface area contributed by atoms with E-state index in [-0.39, 0.29) is 17.3 Å². The van der Waals surface area contributed by atoms with E-state index in [1.165, 1.54) is 6.07 Å². The number of hydrogen-bond acceptors (Lipinski definition) is 7. The maximum Gasteiger partial charge on any atom is 0.144 e. The minimum Gasteiger partial charge on any atom is -0.386 e. The van der Waals surface area contributed by atoms with Gasteiger partial charge in [-0.05, 0) is 37.5 Å². The normalized spacial score (nSPS) is 22.4. The molecule has 1 saturated carbocycles. The van der Waals surface area contributed by atoms with Crippen molar-refractivity contribution in [1.29, 1.82) is 0 Å². The highest BCUT2D eigenvalue weighted by Crippen LogP contribution is 2.53. The van der Waals surface area contributed by atoms with Gasteiger partial charge in [0.25, 0.3) is 0 Å². The lowest BCUT2D eigenvalue weighted by Crippen LogP contribution is -2.24. The Kier molecular flexibility index (Phi) is 4.13. The topological polar surface area (TPSA) is 109 Å². The number of nitrogens with two attached hydrogens (primary N) is 1. The molecule has 3 aromatic heterocycles. The summed E-state index contributed by atoms with van der Waals surface area (Å²) in [7, 11) is 1.79. The fraction of sp³-hybridized carbons (Fsp3) is 0.391. The van der Waals surface area contributed by atoms with Gasteiger partial charge in [-0.1, -0.05) is 0 Å². The molecule has 0 unspecified atom stereocenters. The first-order chi connectivity index (χ1) is 15.5. The Bertz CT molecular complexity index is 1350. The molecule has 1 aliphatic heterocycles. The molecule has 4 aromatic rings. The van der Waals surface area contributed by atoms with Gasteiger partial charge in [0.2, 0.25) is 0 Å². The van der Waals surface area contributed by atoms with Gasteiger partial charge in [0.1, 0.15) is 28.9 Å². The Morgan fingerprint density at radius 1 is 1.28 bits per heavy atom. The van der Waals surface area contributed by atoms with Crippen molar-refractivity contribution in [2.24, 2.45) is 11.1 Å². The first kappa shape index (κ1) is 19.4. The summed E-state index contributed by atoms with van der Waals surface area (Å²) in [6.07, 6.45) is 6.24. The van der Waals surface area contributed by atoms with Crippen LogP contribution in [0, 0.1) is 18.2 Å². The lowest BCUT2D eigenvalue weighted by molar-refractivity contribution is 0.553. The predicted octanol–water partition coefficient (Wildman–Crippen LogP) is 2.91. The maximum atomic E-state index is 14.4. The second-order valence-electron chi connectivity index (χ2n) is 9.10. The third-order valence-corrected chi connectivity index (χ3v) is 6.96. The third-order valence-electron chi connectivity index (χ3n) is 6.96. The van der Waals surface area contributed by atoms with Crippen LogP contribution >= 0.6 is 0 Å². The van der Waals surface area contributed by atoms with Gasteiger partial charge in [-0.3, -0.25) is 0 Å². The van der Waals surface area contributed by atoms with Gasteiger partial charge in [-0.15, -0.1) is 0 Å². The van der Waals surface area contributed by atoms with E-state index < -0.39 is 0 Å². The van der Waals surface area contributed by atoms with Crippen LogP contribution in [0.1, 0.15) is 30.1 Å². The van der Waals surface area contributed by atoms with Crippen LogP contribution in [0.25, 0.3) is 21.9 Å². The Hall–Kier alpha value is -3.33. The molecule has 1 aliphatic carbocycles. The highest BCUT2D eigenvalue weighted by Gasteiger charge is 2.55. The van der Waals surface area contributed by atoms with Crippen LogP contribution in [0.15, 0.2) is 24.5 Å². The molecule has 0 radical (unpaired) electrons. The lowest BCUT2D eigenvalue weighted by atomic mass is 10.1. The summed E-state index contributed by atoms with van der Waals surface area (Å²) in [4.78, 5) is 24.1. The van der Waals surface area contributed by atoms with Gasteiger partial charge >= 0.3 is 0 Å². The van der Waals surface area contributed by atoms with Crippen molar-refractivity contribution in [1.82, 2.24) is 24.9 Å². The molecule has 2 aliphatic rings. The monoisotopic (exact) mass is 432 g/mol. The Morgan fingerprint density at radius 3 is 2.75 bits per heavy atom. The Labute approximate surface area is 184 Å². The minimum atomic E-state index is -0.295. The summed E-state index contributed by atoms with van der Waals surface area (Å²) in [6, 6.07) is 3.30. The van der Waals surface area contributed by atoms with Gasteiger partial charge in [-0.2, -0.15) is 0 Å². The second-order valence-corrected chi connectivity index (χ2v) is 9.10. The van der Waals surface area contributed by atoms with E-state index in [9.17, 15) is 4.39 Å². The van der Waals surface area contributed by atoms with Crippen LogP contribution in [0.4, 0.5) is 15.9 Å². The second kappa shape index (κ2) is 6.83. The quantitative estimate of drug-likeness (QED) is 0.455. The fourth-order valence-corrected chi connectivity index (χ4v) is 5.01. The summed E-state index contributed by atoms with van der Waals surface area (Å²) in [5, 5.41) is 4.72. The summed E-state index contributed by atoms with van der Waals surface area (Å²) >= 11 is 0. The van der Waals surface area contributed by atoms with Crippen molar-refractivity contribution in [3.63, 3.8) is 0 Å². The van der Waals surface area contributed by atoms with Gasteiger partial charge in [0, 0.05) is 55.8 Å². The van der Waals surface area contributed by atoms with Crippen molar-refractivity contribution in [2.45, 2.75) is 32.2 Å². The molecule has 4 heterocycles. The molecule has 2 fully saturated rings. The number of halogens is 1. The van der Waals surface area contributed by atoms with Crippen LogP contribution in [0.2, 0.25) is 0 Å². The van der Waals surface area contributed by atoms with Crippen molar-refractivity contribution in [3.8, 4) is 0 Å². The summed E-state index contributed by atoms with van der Waals surface area (Å²) < 4.78 is 14.4. The summed E-state index contributed by atoms with van der Waals surface area (Å²) in [6.45, 7) is 3.61. The molecule has 0 bridgehead atoms. The summed E-state index contributed by atoms with van der Waals surface area (Å²) in [5.41, 5.74) is 9.61. The first-order valence-electron chi connectivity index (χ1n) is 10.9. The van der Waals surface area contributed by atoms with Gasteiger partial charge in [0.05, 0.1) is 16.6 Å². The average Bonchev–Trinajstić information content (AvgIpc) is 3.10. The smallest absolute Gasteiger partial charge is 0.144 e. The third kappa shape index (κ3) is 2.99. The number of fused-ring (bicyclic) bond motifs is 3. The number of aryl methyl sites for hydroxylation is 1. The van der Waals surface area contributed by atoms with Crippen molar-refractivity contribution < 1.29 is 4.39 Å². The van der Waals surface area contributed by atoms with Crippen LogP contribution in [-0.2, 0) is 6.42 Å². The number of aromatic nitrogens is 5. The number of anilines is 2. The van der Waals surface area contributed by atoms with E-state index in [4.69, 9.17) is 15.7 Å². The SMILES string of the molecule is CNc1cc(F)cc2c1[nH]c1nc(Cc3cnc(C)nc3)nc(N3CC[C@@]4(C[C@@H]4N)C3)c12. The molecule has 1 saturated heterocycles. The number of benzene rings is 1. The zero-order valence-electron chi connectivity index (χ0n) is 18.1. The van der Waals surface area contributed by atoms with E-state index in [2.05, 4.69) is 25.2 Å². The highest BCUT2D eigenvalue weighted by molar-refractivity contribution is 6.14. The molecule has 6 rings (SSSR count). The molecule has 1 aromatic carbocycles. The molecule has 0 amide bonds. The molecule has 164 valence electrons. The van der Waals surface area contributed by atoms with E-state index in [0.29, 0.717) is 23.6 Å². The average molecular weight is 433 g/mol. The van der Waals surface area contributed by atoms with Crippen LogP contribution in [0.3, 0.4) is 0 Å². The minimum absolute atomic E-state index is 0.190. The number of nitrogens with zero attached hydrogens (tertiary/aromatic N) is 5. The summed E-state index contributed by atoms with van der Waals surface area (Å²) in [5.74, 6) is 1.95. The van der Waals surface area contributed by atoms with Crippen molar-refractivity contribution >= 4 is 33.4 Å². The molecular weight excluding hydrogens is 407 g/mol. The first-order valence-corrected chi connectivity index (χ1v) is 10.9. The fourth-order valence-electron chi connectivity index (χ4n) is 5.01. The van der Waals surface area contributed by atoms with Gasteiger partial charge in [0.15, 0.2) is 0 Å². The highest BCUT2D eigenvalue weighted by atomic mass is 19.1. The van der Waals surface area contributed by atoms with E-state index in [1.807, 2.05) is 19.3 Å². The molecule has 4 N–H and O–H groups in total. The lowest BCUT2D eigenvalue weighted by Gasteiger charge is -2.19. The van der Waals surface area contributed by atoms with Crippen molar-refractivity contribution in [3.05, 3.63) is 47.6 Å². The molecule has 8 nitrogen and oxygen atoms in total. The Balaban J connectivity index is 1.53. The van der Waals surface area contributed by atoms with Crippen molar-refractivity contribution in [2.75, 3.05) is 30.4 Å². The Morgan fingerprint density at radius 2 is 2.06 bits per heavy atom. The standard InChI is InChI=1S/C23H25FN8/c1-12-27-9-13(10-28-12)5-18-29-21-19(15-6-14(24)7-16(26-2)20(15)31-21)22(30-18)32-4-3-23(11-32)8-17(23)25/h6-7,9-10,17,26H,3-5,8,11,25H2,1-2H3,(H,29,30,31)/t17-,23+/m0/s1. The number of hydrogen-bond donors (Lipinski definition) is 3. The van der Waals surface area contributed by atoms with E-state index in [0.717, 1.165) is 59.4 Å². The molecule has 1 spiro atoms.